The number of amides is 1. The largest absolute Gasteiger partial charge is 0.396 e. The summed E-state index contributed by atoms with van der Waals surface area (Å²) in [7, 11) is 0. The maximum absolute atomic E-state index is 10.5. The van der Waals surface area contributed by atoms with E-state index in [2.05, 4.69) is 53.1 Å². The Kier molecular flexibility index (Phi) is 15.5. The van der Waals surface area contributed by atoms with Crippen molar-refractivity contribution in [1.29, 1.82) is 0 Å². The molecule has 0 aliphatic carbocycles. The van der Waals surface area contributed by atoms with E-state index in [4.69, 9.17) is 5.11 Å². The van der Waals surface area contributed by atoms with Crippen LogP contribution in [0.1, 0.15) is 89.0 Å². The monoisotopic (exact) mass is 363 g/mol. The number of rotatable bonds is 7. The zero-order valence-electron chi connectivity index (χ0n) is 18.5. The van der Waals surface area contributed by atoms with Gasteiger partial charge in [0, 0.05) is 23.8 Å². The summed E-state index contributed by atoms with van der Waals surface area (Å²) >= 11 is 1.97. The van der Waals surface area contributed by atoms with Gasteiger partial charge in [0.15, 0.2) is 0 Å². The van der Waals surface area contributed by atoms with E-state index in [0.29, 0.717) is 16.6 Å². The molecule has 0 saturated carbocycles. The molecule has 4 heteroatoms. The Hall–Kier alpha value is -0.220. The fraction of sp³-hybridized carbons (Fsp3) is 0.950. The lowest BCUT2D eigenvalue weighted by atomic mass is 9.75. The molecule has 1 amide bonds. The second-order valence-electron chi connectivity index (χ2n) is 8.32. The summed E-state index contributed by atoms with van der Waals surface area (Å²) in [5.74, 6) is 0.711. The first-order chi connectivity index (χ1) is 10.7. The first-order valence-electron chi connectivity index (χ1n) is 9.14. The van der Waals surface area contributed by atoms with E-state index in [9.17, 15) is 4.79 Å². The van der Waals surface area contributed by atoms with Crippen LogP contribution in [0.2, 0.25) is 0 Å². The van der Waals surface area contributed by atoms with Gasteiger partial charge < -0.3 is 10.4 Å². The molecule has 0 rings (SSSR count). The Morgan fingerprint density at radius 2 is 1.50 bits per heavy atom. The van der Waals surface area contributed by atoms with Gasteiger partial charge in [-0.15, -0.1) is 0 Å². The third-order valence-electron chi connectivity index (χ3n) is 4.25. The third kappa shape index (κ3) is 16.6. The molecule has 0 atom stereocenters. The smallest absolute Gasteiger partial charge is 0.217 e. The third-order valence-corrected chi connectivity index (χ3v) is 5.50. The minimum Gasteiger partial charge on any atom is -0.396 e. The van der Waals surface area contributed by atoms with Crippen LogP contribution in [0.3, 0.4) is 0 Å². The molecule has 24 heavy (non-hydrogen) atoms. The summed E-state index contributed by atoms with van der Waals surface area (Å²) in [5.41, 5.74) is 0.188. The Balaban J connectivity index is -0.000000337. The van der Waals surface area contributed by atoms with Crippen LogP contribution >= 0.6 is 11.8 Å². The summed E-state index contributed by atoms with van der Waals surface area (Å²) in [4.78, 5) is 10.5. The minimum atomic E-state index is -0.277. The predicted molar refractivity (Wildman–Crippen MR) is 112 cm³/mol. The molecule has 0 aliphatic heterocycles. The van der Waals surface area contributed by atoms with Gasteiger partial charge in [-0.05, 0) is 44.3 Å². The summed E-state index contributed by atoms with van der Waals surface area (Å²) < 4.78 is 0.424. The normalized spacial score (nSPS) is 11.9. The lowest BCUT2D eigenvalue weighted by molar-refractivity contribution is -0.120. The van der Waals surface area contributed by atoms with Gasteiger partial charge >= 0.3 is 0 Å². The molecule has 0 fully saturated rings. The highest BCUT2D eigenvalue weighted by Crippen LogP contribution is 2.40. The number of hydrogen-bond acceptors (Lipinski definition) is 3. The van der Waals surface area contributed by atoms with E-state index >= 15 is 0 Å². The topological polar surface area (TPSA) is 49.3 Å². The van der Waals surface area contributed by atoms with Gasteiger partial charge in [-0.1, -0.05) is 55.4 Å². The quantitative estimate of drug-likeness (QED) is 0.627. The summed E-state index contributed by atoms with van der Waals surface area (Å²) in [6.07, 6.45) is 4.09. The highest BCUT2D eigenvalue weighted by molar-refractivity contribution is 7.99. The van der Waals surface area contributed by atoms with E-state index in [0.717, 1.165) is 5.92 Å². The number of carbonyl (C=O) groups is 1. The standard InChI is InChI=1S/C11H24S.C7H15NO2.C2H6/c1-9(2)10(3,4)8-11(5,6)12-7;1-6(10)8-7(2,3)4-5-9;1-2/h9H,8H2,1-7H3;9H,4-5H2,1-3H3,(H,8,10);1-2H3. The van der Waals surface area contributed by atoms with E-state index in [-0.39, 0.29) is 18.1 Å². The second-order valence-corrected chi connectivity index (χ2v) is 9.84. The molecule has 0 aromatic carbocycles. The van der Waals surface area contributed by atoms with Crippen LogP contribution in [-0.2, 0) is 4.79 Å². The van der Waals surface area contributed by atoms with E-state index in [1.165, 1.54) is 13.3 Å². The van der Waals surface area contributed by atoms with Crippen LogP contribution < -0.4 is 5.32 Å². The molecule has 2 N–H and O–H groups in total. The molecule has 3 nitrogen and oxygen atoms in total. The Labute approximate surface area is 156 Å². The molecular formula is C20H45NO2S. The highest BCUT2D eigenvalue weighted by Gasteiger charge is 2.30. The lowest BCUT2D eigenvalue weighted by Crippen LogP contribution is -2.42. The van der Waals surface area contributed by atoms with Gasteiger partial charge in [-0.2, -0.15) is 11.8 Å². The number of thioether (sulfide) groups is 1. The molecule has 0 unspecified atom stereocenters. The molecule has 0 aromatic heterocycles. The molecule has 0 spiro atoms. The first-order valence-corrected chi connectivity index (χ1v) is 10.4. The molecule has 0 aromatic rings. The van der Waals surface area contributed by atoms with Gasteiger partial charge in [-0.3, -0.25) is 4.79 Å². The zero-order valence-corrected chi connectivity index (χ0v) is 19.3. The number of carbonyl (C=O) groups excluding carboxylic acids is 1. The van der Waals surface area contributed by atoms with Gasteiger partial charge in [0.1, 0.15) is 0 Å². The molecule has 0 aliphatic rings. The number of aliphatic hydroxyl groups excluding tert-OH is 1. The fourth-order valence-electron chi connectivity index (χ4n) is 2.19. The van der Waals surface area contributed by atoms with Crippen molar-refractivity contribution in [3.05, 3.63) is 0 Å². The molecule has 0 saturated heterocycles. The van der Waals surface area contributed by atoms with Crippen LogP contribution in [-0.4, -0.2) is 34.2 Å². The van der Waals surface area contributed by atoms with Crippen LogP contribution in [0.15, 0.2) is 0 Å². The van der Waals surface area contributed by atoms with Crippen molar-refractivity contribution >= 4 is 17.7 Å². The van der Waals surface area contributed by atoms with Crippen molar-refractivity contribution in [2.45, 2.75) is 99.3 Å². The van der Waals surface area contributed by atoms with E-state index < -0.39 is 0 Å². The van der Waals surface area contributed by atoms with Crippen LogP contribution in [0.25, 0.3) is 0 Å². The van der Waals surface area contributed by atoms with Crippen LogP contribution in [0.4, 0.5) is 0 Å². The van der Waals surface area contributed by atoms with Crippen molar-refractivity contribution < 1.29 is 9.90 Å². The van der Waals surface area contributed by atoms with Crippen molar-refractivity contribution in [2.75, 3.05) is 12.9 Å². The molecular weight excluding hydrogens is 318 g/mol. The van der Waals surface area contributed by atoms with E-state index in [1.807, 2.05) is 39.5 Å². The lowest BCUT2D eigenvalue weighted by Gasteiger charge is -2.36. The number of nitrogens with one attached hydrogen (secondary N) is 1. The molecule has 0 heterocycles. The van der Waals surface area contributed by atoms with Crippen molar-refractivity contribution in [3.8, 4) is 0 Å². The predicted octanol–water partition coefficient (Wildman–Crippen LogP) is 5.51. The summed E-state index contributed by atoms with van der Waals surface area (Å²) in [6.45, 7) is 23.4. The minimum absolute atomic E-state index is 0.0570. The van der Waals surface area contributed by atoms with Gasteiger partial charge in [0.2, 0.25) is 5.91 Å². The maximum atomic E-state index is 10.5. The fourth-order valence-corrected chi connectivity index (χ4v) is 2.71. The number of hydrogen-bond donors (Lipinski definition) is 2. The average molecular weight is 364 g/mol. The van der Waals surface area contributed by atoms with Crippen molar-refractivity contribution in [1.82, 2.24) is 5.32 Å². The summed E-state index contributed by atoms with van der Waals surface area (Å²) in [5, 5.41) is 11.3. The highest BCUT2D eigenvalue weighted by atomic mass is 32.2. The Morgan fingerprint density at radius 3 is 1.75 bits per heavy atom. The zero-order chi connectivity index (χ0) is 20.2. The van der Waals surface area contributed by atoms with Crippen molar-refractivity contribution in [3.63, 3.8) is 0 Å². The molecule has 0 bridgehead atoms. The van der Waals surface area contributed by atoms with Gasteiger partial charge in [0.05, 0.1) is 0 Å². The first kappa shape index (κ1) is 28.6. The van der Waals surface area contributed by atoms with Gasteiger partial charge in [-0.25, -0.2) is 0 Å². The molecule has 0 radical (unpaired) electrons. The average Bonchev–Trinajstić information content (AvgIpc) is 2.38. The number of aliphatic hydroxyl groups is 1. The van der Waals surface area contributed by atoms with E-state index in [1.54, 1.807) is 0 Å². The maximum Gasteiger partial charge on any atom is 0.217 e. The summed E-state index contributed by atoms with van der Waals surface area (Å²) in [6, 6.07) is 0. The van der Waals surface area contributed by atoms with Crippen LogP contribution in [0.5, 0.6) is 0 Å². The molecule has 148 valence electrons. The Morgan fingerprint density at radius 1 is 1.08 bits per heavy atom. The Bertz CT molecular complexity index is 324. The van der Waals surface area contributed by atoms with Crippen LogP contribution in [0, 0.1) is 11.3 Å². The SMILES string of the molecule is CC.CC(=O)NC(C)(C)CCO.CSC(C)(C)CC(C)(C)C(C)C. The van der Waals surface area contributed by atoms with Crippen molar-refractivity contribution in [2.24, 2.45) is 11.3 Å². The second kappa shape index (κ2) is 13.0. The van der Waals surface area contributed by atoms with Gasteiger partial charge in [0.25, 0.3) is 0 Å².